The van der Waals surface area contributed by atoms with Gasteiger partial charge in [-0.2, -0.15) is 0 Å². The minimum atomic E-state index is -0.106. The smallest absolute Gasteiger partial charge is 0.143 e. The van der Waals surface area contributed by atoms with Crippen LogP contribution < -0.4 is 5.32 Å². The van der Waals surface area contributed by atoms with Gasteiger partial charge in [-0.25, -0.2) is 0 Å². The molecule has 0 saturated heterocycles. The second-order valence-corrected chi connectivity index (χ2v) is 11.2. The van der Waals surface area contributed by atoms with E-state index in [0.29, 0.717) is 11.8 Å². The summed E-state index contributed by atoms with van der Waals surface area (Å²) >= 11 is 0. The molecule has 1 aromatic rings. The normalized spacial score (nSPS) is 27.3. The van der Waals surface area contributed by atoms with Crippen molar-refractivity contribution < 1.29 is 9.90 Å². The molecule has 37 heavy (non-hydrogen) atoms. The van der Waals surface area contributed by atoms with Gasteiger partial charge in [-0.15, -0.1) is 0 Å². The van der Waals surface area contributed by atoms with Crippen LogP contribution in [0.5, 0.6) is 0 Å². The van der Waals surface area contributed by atoms with Crippen molar-refractivity contribution in [1.29, 1.82) is 0 Å². The molecule has 3 aliphatic carbocycles. The third kappa shape index (κ3) is 7.26. The maximum Gasteiger partial charge on any atom is 0.143 e. The first-order valence-electron chi connectivity index (χ1n) is 14.4. The van der Waals surface area contributed by atoms with E-state index in [1.807, 2.05) is 0 Å². The zero-order valence-corrected chi connectivity index (χ0v) is 23.5. The van der Waals surface area contributed by atoms with Gasteiger partial charge in [0.05, 0.1) is 6.10 Å². The number of allylic oxidation sites excluding steroid dienone is 5. The molecule has 3 nitrogen and oxygen atoms in total. The van der Waals surface area contributed by atoms with Gasteiger partial charge in [-0.3, -0.25) is 4.79 Å². The standard InChI is InChI=1S/C19H28O2.C15H19N/c1-3-4-14-13(10-12-20)5-6-16-15(14)9-11-19(2)17(16)7-8-18(19)21;1-4-16-14(3)7-5-6-8-15-11-9-13(2)10-12-15/h10,12,16-18,21H,3-9,11H2,1-2H3;9-12,16H,3-5,7H2,1-2H3/b13-10-;. The van der Waals surface area contributed by atoms with Crippen LogP contribution in [-0.4, -0.2) is 24.0 Å². The maximum absolute atomic E-state index is 10.9. The number of benzene rings is 1. The van der Waals surface area contributed by atoms with Gasteiger partial charge in [0, 0.05) is 24.2 Å². The summed E-state index contributed by atoms with van der Waals surface area (Å²) < 4.78 is 0. The number of nitrogens with one attached hydrogen (secondary N) is 1. The molecule has 2 fully saturated rings. The molecular weight excluding hydrogens is 454 g/mol. The van der Waals surface area contributed by atoms with Gasteiger partial charge in [0.2, 0.25) is 0 Å². The summed E-state index contributed by atoms with van der Waals surface area (Å²) in [6.45, 7) is 13.5. The van der Waals surface area contributed by atoms with Crippen LogP contribution in [0.4, 0.5) is 0 Å². The van der Waals surface area contributed by atoms with E-state index in [2.05, 4.69) is 75.7 Å². The highest BCUT2D eigenvalue weighted by Crippen LogP contribution is 2.59. The number of fused-ring (bicyclic) bond motifs is 3. The fourth-order valence-electron chi connectivity index (χ4n) is 6.70. The number of hydrogen-bond acceptors (Lipinski definition) is 3. The summed E-state index contributed by atoms with van der Waals surface area (Å²) in [5, 5.41) is 13.6. The fourth-order valence-corrected chi connectivity index (χ4v) is 6.70. The lowest BCUT2D eigenvalue weighted by molar-refractivity contribution is -0.104. The van der Waals surface area contributed by atoms with E-state index in [1.165, 1.54) is 29.6 Å². The summed E-state index contributed by atoms with van der Waals surface area (Å²) in [7, 11) is 0. The SMILES string of the molecule is C=C(CCC#Cc1ccc(C)cc1)NCC.CCCC1=C2CCC3(C)C(O)CCC3C2CC/C1=C/C=O. The topological polar surface area (TPSA) is 49.3 Å². The molecule has 200 valence electrons. The lowest BCUT2D eigenvalue weighted by Gasteiger charge is -2.48. The summed E-state index contributed by atoms with van der Waals surface area (Å²) in [6, 6.07) is 8.28. The number of aliphatic hydroxyl groups is 1. The Bertz CT molecular complexity index is 1050. The highest BCUT2D eigenvalue weighted by molar-refractivity contribution is 5.68. The molecule has 0 heterocycles. The molecule has 0 radical (unpaired) electrons. The Balaban J connectivity index is 0.000000214. The number of aryl methyl sites for hydroxylation is 1. The summed E-state index contributed by atoms with van der Waals surface area (Å²) in [5.74, 6) is 7.62. The number of carbonyl (C=O) groups excluding carboxylic acids is 1. The van der Waals surface area contributed by atoms with Crippen LogP contribution >= 0.6 is 0 Å². The molecule has 3 heteroatoms. The summed E-state index contributed by atoms with van der Waals surface area (Å²) in [6.07, 6.45) is 13.3. The van der Waals surface area contributed by atoms with Crippen LogP contribution in [0.25, 0.3) is 0 Å². The average molecular weight is 502 g/mol. The molecule has 4 rings (SSSR count). The minimum Gasteiger partial charge on any atom is -0.393 e. The molecule has 0 amide bonds. The Kier molecular flexibility index (Phi) is 10.8. The number of aliphatic hydroxyl groups excluding tert-OH is 1. The number of carbonyl (C=O) groups is 1. The largest absolute Gasteiger partial charge is 0.393 e. The summed E-state index contributed by atoms with van der Waals surface area (Å²) in [5.41, 5.74) is 7.97. The van der Waals surface area contributed by atoms with Crippen molar-refractivity contribution in [3.63, 3.8) is 0 Å². The van der Waals surface area contributed by atoms with Gasteiger partial charge in [-0.1, -0.05) is 62.0 Å². The van der Waals surface area contributed by atoms with Crippen molar-refractivity contribution in [2.24, 2.45) is 17.3 Å². The second-order valence-electron chi connectivity index (χ2n) is 11.2. The molecule has 2 saturated carbocycles. The first kappa shape index (κ1) is 29.0. The molecule has 0 aliphatic heterocycles. The quantitative estimate of drug-likeness (QED) is 0.232. The van der Waals surface area contributed by atoms with Crippen LogP contribution in [0.3, 0.4) is 0 Å². The predicted octanol–water partition coefficient (Wildman–Crippen LogP) is 7.44. The van der Waals surface area contributed by atoms with E-state index in [1.54, 1.807) is 11.6 Å². The van der Waals surface area contributed by atoms with Crippen molar-refractivity contribution in [3.05, 3.63) is 70.5 Å². The Morgan fingerprint density at radius 2 is 1.95 bits per heavy atom. The molecular formula is C34H47NO2. The van der Waals surface area contributed by atoms with E-state index >= 15 is 0 Å². The van der Waals surface area contributed by atoms with E-state index < -0.39 is 0 Å². The number of hydrogen-bond donors (Lipinski definition) is 2. The number of rotatable bonds is 7. The molecule has 0 spiro atoms. The zero-order valence-electron chi connectivity index (χ0n) is 23.5. The maximum atomic E-state index is 10.9. The third-order valence-corrected chi connectivity index (χ3v) is 8.76. The number of aldehydes is 1. The summed E-state index contributed by atoms with van der Waals surface area (Å²) in [4.78, 5) is 10.9. The van der Waals surface area contributed by atoms with Crippen LogP contribution in [-0.2, 0) is 4.79 Å². The minimum absolute atomic E-state index is 0.106. The van der Waals surface area contributed by atoms with Crippen molar-refractivity contribution in [2.75, 3.05) is 6.54 Å². The zero-order chi connectivity index (χ0) is 26.8. The van der Waals surface area contributed by atoms with E-state index in [0.717, 1.165) is 75.5 Å². The van der Waals surface area contributed by atoms with E-state index in [9.17, 15) is 9.90 Å². The van der Waals surface area contributed by atoms with E-state index in [-0.39, 0.29) is 11.5 Å². The molecule has 3 aliphatic rings. The third-order valence-electron chi connectivity index (χ3n) is 8.76. The Morgan fingerprint density at radius 1 is 1.19 bits per heavy atom. The first-order chi connectivity index (χ1) is 17.8. The highest BCUT2D eigenvalue weighted by atomic mass is 16.3. The van der Waals surface area contributed by atoms with Crippen molar-refractivity contribution in [3.8, 4) is 11.8 Å². The molecule has 2 N–H and O–H groups in total. The van der Waals surface area contributed by atoms with Crippen LogP contribution in [0.1, 0.15) is 96.1 Å². The Hall–Kier alpha value is -2.57. The molecule has 1 aromatic carbocycles. The molecule has 4 unspecified atom stereocenters. The van der Waals surface area contributed by atoms with Gasteiger partial charge < -0.3 is 10.4 Å². The lowest BCUT2D eigenvalue weighted by atomic mass is 9.58. The van der Waals surface area contributed by atoms with Gasteiger partial charge in [0.1, 0.15) is 6.29 Å². The van der Waals surface area contributed by atoms with Crippen molar-refractivity contribution in [2.45, 2.75) is 98.0 Å². The van der Waals surface area contributed by atoms with Gasteiger partial charge in [-0.05, 0) is 112 Å². The highest BCUT2D eigenvalue weighted by Gasteiger charge is 2.52. The van der Waals surface area contributed by atoms with Crippen LogP contribution in [0.2, 0.25) is 0 Å². The van der Waals surface area contributed by atoms with Crippen molar-refractivity contribution >= 4 is 6.29 Å². The predicted molar refractivity (Wildman–Crippen MR) is 155 cm³/mol. The fraction of sp³-hybridized carbons (Fsp3) is 0.559. The first-order valence-corrected chi connectivity index (χ1v) is 14.4. The van der Waals surface area contributed by atoms with Gasteiger partial charge in [0.25, 0.3) is 0 Å². The molecule has 0 aromatic heterocycles. The Labute approximate surface area is 225 Å². The Morgan fingerprint density at radius 3 is 2.62 bits per heavy atom. The van der Waals surface area contributed by atoms with Crippen LogP contribution in [0.15, 0.2) is 59.3 Å². The average Bonchev–Trinajstić information content (AvgIpc) is 3.19. The second kappa shape index (κ2) is 13.8. The van der Waals surface area contributed by atoms with Crippen LogP contribution in [0, 0.1) is 36.0 Å². The molecule has 0 bridgehead atoms. The van der Waals surface area contributed by atoms with E-state index in [4.69, 9.17) is 0 Å². The lowest BCUT2D eigenvalue weighted by Crippen LogP contribution is -2.41. The molecule has 4 atom stereocenters. The monoisotopic (exact) mass is 501 g/mol. The van der Waals surface area contributed by atoms with Gasteiger partial charge >= 0.3 is 0 Å². The van der Waals surface area contributed by atoms with Gasteiger partial charge in [0.15, 0.2) is 0 Å². The van der Waals surface area contributed by atoms with Crippen molar-refractivity contribution in [1.82, 2.24) is 5.32 Å².